The molecule has 23 heavy (non-hydrogen) atoms. The molecule has 0 saturated heterocycles. The minimum absolute atomic E-state index is 0.0372. The number of ketones is 1. The van der Waals surface area contributed by atoms with Crippen molar-refractivity contribution in [3.8, 4) is 0 Å². The lowest BCUT2D eigenvalue weighted by Crippen LogP contribution is -2.49. The highest BCUT2D eigenvalue weighted by Gasteiger charge is 2.59. The molecule has 4 aliphatic rings. The summed E-state index contributed by atoms with van der Waals surface area (Å²) in [6.45, 7) is 6.90. The molecule has 0 bridgehead atoms. The maximum atomic E-state index is 12.7. The van der Waals surface area contributed by atoms with Crippen LogP contribution in [0.2, 0.25) is 0 Å². The van der Waals surface area contributed by atoms with Gasteiger partial charge in [-0.15, -0.1) is 0 Å². The number of hydrogen-bond acceptors (Lipinski definition) is 2. The third kappa shape index (κ3) is 1.96. The topological polar surface area (TPSA) is 26.3 Å². The Morgan fingerprint density at radius 2 is 1.96 bits per heavy atom. The van der Waals surface area contributed by atoms with Crippen molar-refractivity contribution in [3.05, 3.63) is 23.5 Å². The second kappa shape index (κ2) is 4.97. The molecule has 0 aromatic rings. The average molecular weight is 314 g/mol. The van der Waals surface area contributed by atoms with Crippen molar-refractivity contribution in [2.45, 2.75) is 59.3 Å². The van der Waals surface area contributed by atoms with E-state index in [1.165, 1.54) is 18.4 Å². The van der Waals surface area contributed by atoms with E-state index in [9.17, 15) is 4.79 Å². The number of allylic oxidation sites excluding steroid dienone is 4. The highest BCUT2D eigenvalue weighted by Crippen LogP contribution is 2.64. The number of rotatable bonds is 1. The molecule has 0 aromatic carbocycles. The first-order valence-corrected chi connectivity index (χ1v) is 9.39. The van der Waals surface area contributed by atoms with Gasteiger partial charge in [-0.25, -0.2) is 0 Å². The number of fused-ring (bicyclic) bond motifs is 5. The molecule has 0 N–H and O–H groups in total. The van der Waals surface area contributed by atoms with Gasteiger partial charge in [-0.1, -0.05) is 26.8 Å². The van der Waals surface area contributed by atoms with Crippen molar-refractivity contribution >= 4 is 5.78 Å². The second-order valence-corrected chi connectivity index (χ2v) is 8.96. The van der Waals surface area contributed by atoms with Crippen molar-refractivity contribution in [2.24, 2.45) is 34.5 Å². The van der Waals surface area contributed by atoms with E-state index in [1.807, 2.05) is 0 Å². The van der Waals surface area contributed by atoms with Crippen LogP contribution < -0.4 is 0 Å². The summed E-state index contributed by atoms with van der Waals surface area (Å²) in [5.74, 6) is 4.00. The summed E-state index contributed by atoms with van der Waals surface area (Å²) in [5.41, 5.74) is 1.76. The SMILES string of the molecule is COC1=CC2=CC[C@@H]3[C@H](CC[C@]4(C)C(=O)[C@@H](C)C[C@@H]34)[C@@]2(C)CC1. The van der Waals surface area contributed by atoms with Crippen LogP contribution >= 0.6 is 0 Å². The molecule has 2 saturated carbocycles. The number of hydrogen-bond donors (Lipinski definition) is 0. The van der Waals surface area contributed by atoms with Crippen molar-refractivity contribution in [1.82, 2.24) is 0 Å². The maximum Gasteiger partial charge on any atom is 0.141 e. The van der Waals surface area contributed by atoms with Crippen LogP contribution in [0.4, 0.5) is 0 Å². The van der Waals surface area contributed by atoms with Crippen molar-refractivity contribution in [3.63, 3.8) is 0 Å². The lowest BCUT2D eigenvalue weighted by atomic mass is 9.49. The van der Waals surface area contributed by atoms with Gasteiger partial charge in [0.25, 0.3) is 0 Å². The van der Waals surface area contributed by atoms with E-state index in [0.717, 1.165) is 37.4 Å². The van der Waals surface area contributed by atoms with Crippen LogP contribution in [0, 0.1) is 34.5 Å². The summed E-state index contributed by atoms with van der Waals surface area (Å²) in [6, 6.07) is 0. The number of carbonyl (C=O) groups is 1. The fraction of sp³-hybridized carbons (Fsp3) is 0.762. The molecular weight excluding hydrogens is 284 g/mol. The molecular formula is C21H30O2. The predicted molar refractivity (Wildman–Crippen MR) is 91.7 cm³/mol. The zero-order valence-corrected chi connectivity index (χ0v) is 15.0. The molecule has 0 aliphatic heterocycles. The Morgan fingerprint density at radius 3 is 2.70 bits per heavy atom. The van der Waals surface area contributed by atoms with Crippen molar-refractivity contribution in [1.29, 1.82) is 0 Å². The van der Waals surface area contributed by atoms with E-state index in [1.54, 1.807) is 7.11 Å². The van der Waals surface area contributed by atoms with Gasteiger partial charge >= 0.3 is 0 Å². The number of ether oxygens (including phenoxy) is 1. The fourth-order valence-corrected chi connectivity index (χ4v) is 6.57. The van der Waals surface area contributed by atoms with Gasteiger partial charge in [0.1, 0.15) is 5.78 Å². The molecule has 126 valence electrons. The van der Waals surface area contributed by atoms with Gasteiger partial charge in [0.05, 0.1) is 12.9 Å². The van der Waals surface area contributed by atoms with Gasteiger partial charge in [0, 0.05) is 17.8 Å². The molecule has 0 amide bonds. The van der Waals surface area contributed by atoms with Gasteiger partial charge in [-0.3, -0.25) is 4.79 Å². The van der Waals surface area contributed by atoms with Crippen LogP contribution in [0.3, 0.4) is 0 Å². The van der Waals surface area contributed by atoms with Crippen molar-refractivity contribution in [2.75, 3.05) is 7.11 Å². The molecule has 0 unspecified atom stereocenters. The summed E-state index contributed by atoms with van der Waals surface area (Å²) in [7, 11) is 1.79. The molecule has 0 aromatic heterocycles. The fourth-order valence-electron chi connectivity index (χ4n) is 6.57. The molecule has 2 heteroatoms. The zero-order chi connectivity index (χ0) is 16.4. The Bertz CT molecular complexity index is 601. The monoisotopic (exact) mass is 314 g/mol. The van der Waals surface area contributed by atoms with Gasteiger partial charge in [-0.2, -0.15) is 0 Å². The van der Waals surface area contributed by atoms with Crippen LogP contribution in [0.15, 0.2) is 23.5 Å². The lowest BCUT2D eigenvalue weighted by molar-refractivity contribution is -0.133. The number of carbonyl (C=O) groups excluding carboxylic acids is 1. The number of methoxy groups -OCH3 is 1. The van der Waals surface area contributed by atoms with Gasteiger partial charge < -0.3 is 4.74 Å². The minimum atomic E-state index is -0.0372. The van der Waals surface area contributed by atoms with Gasteiger partial charge in [-0.05, 0) is 66.9 Å². The van der Waals surface area contributed by atoms with Crippen LogP contribution in [0.25, 0.3) is 0 Å². The predicted octanol–water partition coefficient (Wildman–Crippen LogP) is 4.90. The van der Waals surface area contributed by atoms with Crippen LogP contribution in [0.1, 0.15) is 59.3 Å². The third-order valence-corrected chi connectivity index (χ3v) is 8.00. The van der Waals surface area contributed by atoms with Gasteiger partial charge in [0.2, 0.25) is 0 Å². The zero-order valence-electron chi connectivity index (χ0n) is 15.0. The van der Waals surface area contributed by atoms with Crippen LogP contribution in [-0.2, 0) is 9.53 Å². The molecule has 0 radical (unpaired) electrons. The Morgan fingerprint density at radius 1 is 1.17 bits per heavy atom. The lowest BCUT2D eigenvalue weighted by Gasteiger charge is -2.55. The molecule has 2 fully saturated rings. The number of Topliss-reactive ketones (excluding diaryl/α,β-unsaturated/α-hetero) is 1. The summed E-state index contributed by atoms with van der Waals surface area (Å²) >= 11 is 0. The molecule has 0 spiro atoms. The summed E-state index contributed by atoms with van der Waals surface area (Å²) in [4.78, 5) is 12.7. The largest absolute Gasteiger partial charge is 0.501 e. The summed E-state index contributed by atoms with van der Waals surface area (Å²) in [5, 5.41) is 0. The van der Waals surface area contributed by atoms with Gasteiger partial charge in [0.15, 0.2) is 0 Å². The highest BCUT2D eigenvalue weighted by atomic mass is 16.5. The summed E-state index contributed by atoms with van der Waals surface area (Å²) in [6.07, 6.45) is 11.6. The van der Waals surface area contributed by atoms with Crippen LogP contribution in [-0.4, -0.2) is 12.9 Å². The highest BCUT2D eigenvalue weighted by molar-refractivity contribution is 5.89. The van der Waals surface area contributed by atoms with E-state index >= 15 is 0 Å². The molecule has 2 nitrogen and oxygen atoms in total. The first-order chi connectivity index (χ1) is 10.9. The Hall–Kier alpha value is -1.05. The van der Waals surface area contributed by atoms with E-state index in [0.29, 0.717) is 23.0 Å². The third-order valence-electron chi connectivity index (χ3n) is 8.00. The smallest absolute Gasteiger partial charge is 0.141 e. The molecule has 4 rings (SSSR count). The summed E-state index contributed by atoms with van der Waals surface area (Å²) < 4.78 is 5.51. The maximum absolute atomic E-state index is 12.7. The minimum Gasteiger partial charge on any atom is -0.501 e. The standard InChI is InChI=1S/C21H30O2/c1-13-11-18-16-6-5-14-12-15(23-4)7-9-20(14,2)17(16)8-10-21(18,3)19(13)22/h5,12-13,16-18H,6-11H2,1-4H3/t13-,16+,17-,18-,20-,21-/m0/s1. The average Bonchev–Trinajstić information content (AvgIpc) is 2.78. The van der Waals surface area contributed by atoms with E-state index in [4.69, 9.17) is 4.74 Å². The van der Waals surface area contributed by atoms with Crippen LogP contribution in [0.5, 0.6) is 0 Å². The quantitative estimate of drug-likeness (QED) is 0.688. The second-order valence-electron chi connectivity index (χ2n) is 8.96. The van der Waals surface area contributed by atoms with E-state index in [-0.39, 0.29) is 11.3 Å². The molecule has 6 atom stereocenters. The van der Waals surface area contributed by atoms with E-state index in [2.05, 4.69) is 32.9 Å². The molecule has 0 heterocycles. The first-order valence-electron chi connectivity index (χ1n) is 9.39. The van der Waals surface area contributed by atoms with Crippen molar-refractivity contribution < 1.29 is 9.53 Å². The van der Waals surface area contributed by atoms with E-state index < -0.39 is 0 Å². The first kappa shape index (κ1) is 15.5. The Balaban J connectivity index is 1.71. The Labute approximate surface area is 140 Å². The molecule has 4 aliphatic carbocycles. The normalized spacial score (nSPS) is 48.8. The Kier molecular flexibility index (Phi) is 3.35.